The number of thiophene rings is 2. The van der Waals surface area contributed by atoms with E-state index in [0.29, 0.717) is 11.3 Å². The van der Waals surface area contributed by atoms with Gasteiger partial charge >= 0.3 is 0 Å². The van der Waals surface area contributed by atoms with Crippen molar-refractivity contribution in [2.75, 3.05) is 9.80 Å². The molecule has 3 aromatic heterocycles. The molecule has 12 rings (SSSR count). The molecular formula is C59H39N3S2. The Labute approximate surface area is 387 Å². The number of aromatic nitrogens is 1. The molecule has 0 N–H and O–H groups in total. The van der Waals surface area contributed by atoms with Gasteiger partial charge in [0.05, 0.1) is 35.8 Å². The lowest BCUT2D eigenvalue weighted by molar-refractivity contribution is 1.23. The molecule has 0 aliphatic heterocycles. The number of hydrogen-bond donors (Lipinski definition) is 0. The second kappa shape index (κ2) is 16.1. The fraction of sp³-hybridized carbons (Fsp3) is 0. The van der Waals surface area contributed by atoms with E-state index >= 15 is 0 Å². The molecule has 5 heteroatoms. The molecule has 12 aromatic rings. The Kier molecular flexibility index (Phi) is 8.27. The topological polar surface area (TPSA) is 19.4 Å². The predicted octanol–water partition coefficient (Wildman–Crippen LogP) is 17.8. The van der Waals surface area contributed by atoms with E-state index in [1.807, 2.05) is 72.9 Å². The van der Waals surface area contributed by atoms with Gasteiger partial charge in [-0.2, -0.15) is 0 Å². The molecule has 3 nitrogen and oxygen atoms in total. The van der Waals surface area contributed by atoms with Crippen LogP contribution in [0.5, 0.6) is 0 Å². The van der Waals surface area contributed by atoms with Crippen LogP contribution in [0.3, 0.4) is 0 Å². The van der Waals surface area contributed by atoms with Crippen molar-refractivity contribution in [1.29, 1.82) is 0 Å². The molecule has 9 aromatic carbocycles. The second-order valence-electron chi connectivity index (χ2n) is 15.6. The van der Waals surface area contributed by atoms with Crippen molar-refractivity contribution in [3.05, 3.63) is 237 Å². The smallest absolute Gasteiger partial charge is 0.0645 e. The predicted molar refractivity (Wildman–Crippen MR) is 276 cm³/mol. The second-order valence-corrected chi connectivity index (χ2v) is 17.7. The van der Waals surface area contributed by atoms with Crippen LogP contribution in [0.4, 0.5) is 34.1 Å². The number of para-hydroxylation sites is 3. The average molecular weight is 859 g/mol. The van der Waals surface area contributed by atoms with Crippen LogP contribution < -0.4 is 9.80 Å². The zero-order valence-corrected chi connectivity index (χ0v) is 35.9. The first kappa shape index (κ1) is 32.8. The number of rotatable bonds is 9. The van der Waals surface area contributed by atoms with Gasteiger partial charge in [0.25, 0.3) is 0 Å². The summed E-state index contributed by atoms with van der Waals surface area (Å²) in [7, 11) is 0. The lowest BCUT2D eigenvalue weighted by atomic mass is 9.95. The fourth-order valence-electron chi connectivity index (χ4n) is 8.92. The van der Waals surface area contributed by atoms with Crippen LogP contribution >= 0.6 is 22.7 Å². The van der Waals surface area contributed by atoms with Gasteiger partial charge in [-0.05, 0) is 95.6 Å². The van der Waals surface area contributed by atoms with E-state index in [1.165, 1.54) is 24.9 Å². The third kappa shape index (κ3) is 6.70. The summed E-state index contributed by atoms with van der Waals surface area (Å²) in [5.74, 6) is 0. The van der Waals surface area contributed by atoms with Gasteiger partial charge in [-0.15, -0.1) is 22.7 Å². The summed E-state index contributed by atoms with van der Waals surface area (Å²) in [6.45, 7) is 0. The zero-order chi connectivity index (χ0) is 46.8. The molecule has 0 atom stereocenters. The van der Waals surface area contributed by atoms with Gasteiger partial charge < -0.3 is 9.80 Å². The molecule has 0 aliphatic rings. The van der Waals surface area contributed by atoms with Crippen molar-refractivity contribution in [1.82, 2.24) is 4.98 Å². The summed E-state index contributed by atoms with van der Waals surface area (Å²) in [5.41, 5.74) is 10.2. The van der Waals surface area contributed by atoms with Crippen LogP contribution in [-0.2, 0) is 0 Å². The Morgan fingerprint density at radius 2 is 0.859 bits per heavy atom. The van der Waals surface area contributed by atoms with Crippen molar-refractivity contribution in [2.24, 2.45) is 0 Å². The van der Waals surface area contributed by atoms with E-state index in [0.717, 1.165) is 66.2 Å². The molecule has 0 amide bonds. The number of anilines is 6. The van der Waals surface area contributed by atoms with Gasteiger partial charge in [0.15, 0.2) is 0 Å². The highest BCUT2D eigenvalue weighted by Gasteiger charge is 2.24. The Balaban J connectivity index is 1.09. The molecule has 0 spiro atoms. The highest BCUT2D eigenvalue weighted by Crippen LogP contribution is 2.50. The van der Waals surface area contributed by atoms with E-state index in [4.69, 9.17) is 6.85 Å². The Bertz CT molecular complexity index is 3850. The number of benzene rings is 9. The van der Waals surface area contributed by atoms with Crippen LogP contribution in [0.15, 0.2) is 237 Å². The third-order valence-corrected chi connectivity index (χ3v) is 14.1. The highest BCUT2D eigenvalue weighted by molar-refractivity contribution is 7.26. The lowest BCUT2D eigenvalue weighted by Gasteiger charge is -2.30. The van der Waals surface area contributed by atoms with Gasteiger partial charge in [0.1, 0.15) is 0 Å². The summed E-state index contributed by atoms with van der Waals surface area (Å²) < 4.78 is 48.6. The first-order valence-electron chi connectivity index (χ1n) is 23.6. The first-order chi connectivity index (χ1) is 33.8. The molecule has 0 saturated carbocycles. The van der Waals surface area contributed by atoms with Gasteiger partial charge in [0.2, 0.25) is 0 Å². The van der Waals surface area contributed by atoms with E-state index in [1.54, 1.807) is 28.9 Å². The maximum Gasteiger partial charge on any atom is 0.0645 e. The molecular weight excluding hydrogens is 815 g/mol. The molecule has 3 heterocycles. The molecule has 0 fully saturated rings. The van der Waals surface area contributed by atoms with Gasteiger partial charge in [-0.1, -0.05) is 145 Å². The van der Waals surface area contributed by atoms with Crippen LogP contribution in [0.25, 0.3) is 73.7 Å². The summed E-state index contributed by atoms with van der Waals surface area (Å²) >= 11 is 3.56. The molecule has 0 saturated heterocycles. The average Bonchev–Trinajstić information content (AvgIpc) is 3.96. The largest absolute Gasteiger partial charge is 0.309 e. The van der Waals surface area contributed by atoms with E-state index < -0.39 is 6.04 Å². The Morgan fingerprint density at radius 1 is 0.359 bits per heavy atom. The van der Waals surface area contributed by atoms with Crippen molar-refractivity contribution in [2.45, 2.75) is 0 Å². The fourth-order valence-corrected chi connectivity index (χ4v) is 11.2. The minimum absolute atomic E-state index is 0.146. The molecule has 302 valence electrons. The SMILES string of the molecule is [2H]c1c([2H])c([2H])c(-c2ccccc2N(c2ccccc2)c2cc3c(cc2-c2ccc(-c4cc5sc6ccccc6c5cc4N(c4ccccc4)c4cccnc4)cc2)sc2ccccc23)c([2H])c1[2H]. The minimum atomic E-state index is -0.424. The number of hydrogen-bond acceptors (Lipinski definition) is 5. The van der Waals surface area contributed by atoms with E-state index in [2.05, 4.69) is 142 Å². The normalized spacial score (nSPS) is 12.5. The highest BCUT2D eigenvalue weighted by atomic mass is 32.1. The first-order valence-corrected chi connectivity index (χ1v) is 22.7. The Morgan fingerprint density at radius 3 is 1.44 bits per heavy atom. The molecule has 0 bridgehead atoms. The number of fused-ring (bicyclic) bond motifs is 6. The van der Waals surface area contributed by atoms with Gasteiger partial charge in [0, 0.05) is 74.6 Å². The molecule has 0 aliphatic carbocycles. The molecule has 0 radical (unpaired) electrons. The van der Waals surface area contributed by atoms with E-state index in [-0.39, 0.29) is 29.7 Å². The summed E-state index contributed by atoms with van der Waals surface area (Å²) in [6.07, 6.45) is 3.72. The third-order valence-electron chi connectivity index (χ3n) is 11.8. The van der Waals surface area contributed by atoms with Gasteiger partial charge in [-0.3, -0.25) is 4.98 Å². The minimum Gasteiger partial charge on any atom is -0.309 e. The van der Waals surface area contributed by atoms with Gasteiger partial charge in [-0.25, -0.2) is 0 Å². The zero-order valence-electron chi connectivity index (χ0n) is 39.3. The standard InChI is InChI=1S/C59H39N3S2/c1-4-17-40(18-5-1)46-24-10-13-27-53(46)62(44-21-8-3-9-22-44)55-36-52-48-26-12-15-29-57(48)64-59(52)38-50(55)42-32-30-41(31-33-42)49-37-58-51(47-25-11-14-28-56(47)63-58)35-54(49)61(43-19-6-2-7-20-43)45-23-16-34-60-39-45/h1-39H/i1D,4D,5D,17D,18D. The quantitative estimate of drug-likeness (QED) is 0.144. The summed E-state index contributed by atoms with van der Waals surface area (Å²) in [6, 6.07) is 65.6. The van der Waals surface area contributed by atoms with Crippen molar-refractivity contribution >= 4 is 97.1 Å². The van der Waals surface area contributed by atoms with Crippen molar-refractivity contribution in [3.8, 4) is 33.4 Å². The maximum atomic E-state index is 9.08. The van der Waals surface area contributed by atoms with Crippen molar-refractivity contribution in [3.63, 3.8) is 0 Å². The van der Waals surface area contributed by atoms with E-state index in [9.17, 15) is 0 Å². The number of nitrogens with zero attached hydrogens (tertiary/aromatic N) is 3. The van der Waals surface area contributed by atoms with Crippen LogP contribution in [0.1, 0.15) is 6.85 Å². The maximum absolute atomic E-state index is 9.08. The number of pyridine rings is 1. The van der Waals surface area contributed by atoms with Crippen LogP contribution in [-0.4, -0.2) is 4.98 Å². The molecule has 64 heavy (non-hydrogen) atoms. The van der Waals surface area contributed by atoms with Crippen LogP contribution in [0.2, 0.25) is 0 Å². The molecule has 0 unspecified atom stereocenters. The lowest BCUT2D eigenvalue weighted by Crippen LogP contribution is -2.12. The monoisotopic (exact) mass is 858 g/mol. The van der Waals surface area contributed by atoms with Crippen LogP contribution in [0, 0.1) is 0 Å². The summed E-state index contributed by atoms with van der Waals surface area (Å²) in [4.78, 5) is 9.03. The Hall–Kier alpha value is -7.83. The summed E-state index contributed by atoms with van der Waals surface area (Å²) in [5, 5.41) is 4.67. The van der Waals surface area contributed by atoms with Crippen molar-refractivity contribution < 1.29 is 6.85 Å².